The molecule has 0 radical (unpaired) electrons. The first-order valence-corrected chi connectivity index (χ1v) is 7.02. The van der Waals surface area contributed by atoms with Gasteiger partial charge in [0.15, 0.2) is 0 Å². The van der Waals surface area contributed by atoms with E-state index in [1.165, 1.54) is 0 Å². The van der Waals surface area contributed by atoms with Gasteiger partial charge in [0.1, 0.15) is 12.2 Å². The Balaban J connectivity index is 2.04. The van der Waals surface area contributed by atoms with Crippen molar-refractivity contribution in [3.63, 3.8) is 0 Å². The van der Waals surface area contributed by atoms with Crippen molar-refractivity contribution in [3.05, 3.63) is 42.0 Å². The molecule has 0 aliphatic rings. The molecule has 0 unspecified atom stereocenters. The van der Waals surface area contributed by atoms with Crippen LogP contribution in [0.5, 0.6) is 0 Å². The summed E-state index contributed by atoms with van der Waals surface area (Å²) in [6.45, 7) is 2.94. The van der Waals surface area contributed by atoms with Gasteiger partial charge in [0.25, 0.3) is 0 Å². The van der Waals surface area contributed by atoms with Gasteiger partial charge in [0.2, 0.25) is 0 Å². The molecule has 19 heavy (non-hydrogen) atoms. The molecule has 1 N–H and O–H groups in total. The molecule has 6 heteroatoms. The maximum Gasteiger partial charge on any atom is 0.335 e. The normalized spacial score (nSPS) is 10.6. The zero-order valence-corrected chi connectivity index (χ0v) is 11.4. The number of nitrogens with zero attached hydrogens (tertiary/aromatic N) is 3. The molecule has 1 aromatic carbocycles. The smallest absolute Gasteiger partial charge is 0.335 e. The fraction of sp³-hybridized carbons (Fsp3) is 0.308. The molecule has 0 spiro atoms. The monoisotopic (exact) mass is 277 g/mol. The van der Waals surface area contributed by atoms with Crippen molar-refractivity contribution in [2.24, 2.45) is 0 Å². The fourth-order valence-corrected chi connectivity index (χ4v) is 2.57. The van der Waals surface area contributed by atoms with Crippen LogP contribution in [-0.4, -0.2) is 25.8 Å². The van der Waals surface area contributed by atoms with Gasteiger partial charge in [-0.15, -0.1) is 11.8 Å². The van der Waals surface area contributed by atoms with E-state index in [9.17, 15) is 4.79 Å². The van der Waals surface area contributed by atoms with E-state index in [2.05, 4.69) is 17.0 Å². The summed E-state index contributed by atoms with van der Waals surface area (Å²) >= 11 is 1.56. The lowest BCUT2D eigenvalue weighted by Gasteiger charge is -2.05. The lowest BCUT2D eigenvalue weighted by atomic mass is 10.2. The Morgan fingerprint density at radius 1 is 1.47 bits per heavy atom. The summed E-state index contributed by atoms with van der Waals surface area (Å²) in [6, 6.07) is 6.92. The predicted molar refractivity (Wildman–Crippen MR) is 73.3 cm³/mol. The topological polar surface area (TPSA) is 68.0 Å². The van der Waals surface area contributed by atoms with Crippen LogP contribution in [-0.2, 0) is 12.3 Å². The number of thioether (sulfide) groups is 1. The van der Waals surface area contributed by atoms with Crippen molar-refractivity contribution in [2.45, 2.75) is 30.5 Å². The molecule has 1 aromatic heterocycles. The third kappa shape index (κ3) is 3.57. The van der Waals surface area contributed by atoms with E-state index in [1.807, 2.05) is 10.7 Å². The Bertz CT molecular complexity index is 569. The molecule has 0 aliphatic heterocycles. The Kier molecular flexibility index (Phi) is 4.57. The van der Waals surface area contributed by atoms with E-state index in [4.69, 9.17) is 5.11 Å². The summed E-state index contributed by atoms with van der Waals surface area (Å²) in [4.78, 5) is 16.0. The Hall–Kier alpha value is -1.82. The zero-order valence-electron chi connectivity index (χ0n) is 10.6. The van der Waals surface area contributed by atoms with Crippen LogP contribution in [0.3, 0.4) is 0 Å². The molecule has 0 bridgehead atoms. The highest BCUT2D eigenvalue weighted by Crippen LogP contribution is 2.22. The number of carbonyl (C=O) groups is 1. The van der Waals surface area contributed by atoms with Gasteiger partial charge in [-0.05, 0) is 24.6 Å². The summed E-state index contributed by atoms with van der Waals surface area (Å²) in [5.74, 6) is 0.687. The number of aromatic nitrogens is 3. The zero-order chi connectivity index (χ0) is 13.7. The average molecular weight is 277 g/mol. The van der Waals surface area contributed by atoms with Gasteiger partial charge in [-0.2, -0.15) is 5.10 Å². The highest BCUT2D eigenvalue weighted by atomic mass is 32.2. The number of hydrogen-bond acceptors (Lipinski definition) is 4. The minimum atomic E-state index is -0.906. The number of hydrogen-bond donors (Lipinski definition) is 1. The number of aromatic carboxylic acids is 1. The van der Waals surface area contributed by atoms with E-state index in [-0.39, 0.29) is 0 Å². The van der Waals surface area contributed by atoms with Gasteiger partial charge in [0, 0.05) is 11.4 Å². The van der Waals surface area contributed by atoms with E-state index >= 15 is 0 Å². The number of carboxylic acid groups (broad SMARTS) is 1. The number of carboxylic acids is 1. The summed E-state index contributed by atoms with van der Waals surface area (Å²) in [7, 11) is 0. The number of aryl methyl sites for hydroxylation is 1. The van der Waals surface area contributed by atoms with Crippen LogP contribution in [0.1, 0.15) is 29.5 Å². The highest BCUT2D eigenvalue weighted by molar-refractivity contribution is 7.98. The lowest BCUT2D eigenvalue weighted by Crippen LogP contribution is -2.04. The van der Waals surface area contributed by atoms with E-state index in [0.29, 0.717) is 11.3 Å². The van der Waals surface area contributed by atoms with Crippen molar-refractivity contribution in [2.75, 3.05) is 0 Å². The molecule has 0 saturated heterocycles. The predicted octanol–water partition coefficient (Wildman–Crippen LogP) is 2.68. The first kappa shape index (κ1) is 13.6. The van der Waals surface area contributed by atoms with Crippen molar-refractivity contribution in [1.82, 2.24) is 14.8 Å². The van der Waals surface area contributed by atoms with Crippen molar-refractivity contribution in [3.8, 4) is 0 Å². The molecule has 0 fully saturated rings. The Morgan fingerprint density at radius 3 is 3.05 bits per heavy atom. The fourth-order valence-electron chi connectivity index (χ4n) is 1.67. The van der Waals surface area contributed by atoms with Crippen LogP contribution in [0.25, 0.3) is 0 Å². The highest BCUT2D eigenvalue weighted by Gasteiger charge is 2.07. The molecule has 5 nitrogen and oxygen atoms in total. The first-order chi connectivity index (χ1) is 9.20. The molecular weight excluding hydrogens is 262 g/mol. The van der Waals surface area contributed by atoms with Crippen LogP contribution in [0.4, 0.5) is 0 Å². The van der Waals surface area contributed by atoms with Crippen molar-refractivity contribution < 1.29 is 9.90 Å². The van der Waals surface area contributed by atoms with Crippen LogP contribution in [0.2, 0.25) is 0 Å². The third-order valence-corrected chi connectivity index (χ3v) is 3.57. The summed E-state index contributed by atoms with van der Waals surface area (Å²) < 4.78 is 1.88. The van der Waals surface area contributed by atoms with Crippen LogP contribution < -0.4 is 0 Å². The number of rotatable bonds is 6. The molecule has 0 saturated carbocycles. The molecule has 2 rings (SSSR count). The van der Waals surface area contributed by atoms with Gasteiger partial charge in [-0.25, -0.2) is 14.5 Å². The summed E-state index contributed by atoms with van der Waals surface area (Å²) in [6.07, 6.45) is 2.56. The Morgan fingerprint density at radius 2 is 2.32 bits per heavy atom. The lowest BCUT2D eigenvalue weighted by molar-refractivity contribution is 0.0696. The molecular formula is C13H15N3O2S. The van der Waals surface area contributed by atoms with Crippen LogP contribution >= 0.6 is 11.8 Å². The average Bonchev–Trinajstić information content (AvgIpc) is 2.85. The molecule has 2 aromatic rings. The maximum atomic E-state index is 10.9. The molecule has 100 valence electrons. The largest absolute Gasteiger partial charge is 0.478 e. The SMILES string of the molecule is CCCn1ncnc1CSc1cccc(C(=O)O)c1. The standard InChI is InChI=1S/C13H15N3O2S/c1-2-6-16-12(14-9-15-16)8-19-11-5-3-4-10(7-11)13(17)18/h3-5,7,9H,2,6,8H2,1H3,(H,17,18). The molecule has 1 heterocycles. The van der Waals surface area contributed by atoms with E-state index < -0.39 is 5.97 Å². The second-order valence-electron chi connectivity index (χ2n) is 4.02. The first-order valence-electron chi connectivity index (χ1n) is 6.03. The molecule has 0 amide bonds. The summed E-state index contributed by atoms with van der Waals surface area (Å²) in [5, 5.41) is 13.1. The van der Waals surface area contributed by atoms with Crippen LogP contribution in [0.15, 0.2) is 35.5 Å². The minimum absolute atomic E-state index is 0.306. The third-order valence-electron chi connectivity index (χ3n) is 2.58. The van der Waals surface area contributed by atoms with Gasteiger partial charge in [-0.3, -0.25) is 0 Å². The van der Waals surface area contributed by atoms with Crippen molar-refractivity contribution in [1.29, 1.82) is 0 Å². The summed E-state index contributed by atoms with van der Waals surface area (Å²) in [5.41, 5.74) is 0.306. The maximum absolute atomic E-state index is 10.9. The molecule has 0 aliphatic carbocycles. The quantitative estimate of drug-likeness (QED) is 0.822. The Labute approximate surface area is 115 Å². The van der Waals surface area contributed by atoms with Gasteiger partial charge in [0.05, 0.1) is 11.3 Å². The van der Waals surface area contributed by atoms with Gasteiger partial charge in [-0.1, -0.05) is 13.0 Å². The van der Waals surface area contributed by atoms with Gasteiger partial charge >= 0.3 is 5.97 Å². The minimum Gasteiger partial charge on any atom is -0.478 e. The molecule has 0 atom stereocenters. The van der Waals surface area contributed by atoms with Crippen LogP contribution in [0, 0.1) is 0 Å². The number of benzene rings is 1. The van der Waals surface area contributed by atoms with E-state index in [0.717, 1.165) is 23.7 Å². The second-order valence-corrected chi connectivity index (χ2v) is 5.07. The van der Waals surface area contributed by atoms with Gasteiger partial charge < -0.3 is 5.11 Å². The van der Waals surface area contributed by atoms with E-state index in [1.54, 1.807) is 36.3 Å². The van der Waals surface area contributed by atoms with Crippen molar-refractivity contribution >= 4 is 17.7 Å². The second kappa shape index (κ2) is 6.38.